The lowest BCUT2D eigenvalue weighted by Crippen LogP contribution is -2.18. The van der Waals surface area contributed by atoms with Gasteiger partial charge >= 0.3 is 0 Å². The largest absolute Gasteiger partial charge is 0.485 e. The van der Waals surface area contributed by atoms with Crippen LogP contribution in [0, 0.1) is 0 Å². The maximum absolute atomic E-state index is 13.1. The number of benzene rings is 2. The van der Waals surface area contributed by atoms with Crippen molar-refractivity contribution in [3.63, 3.8) is 0 Å². The van der Waals surface area contributed by atoms with Crippen LogP contribution in [-0.2, 0) is 19.4 Å². The van der Waals surface area contributed by atoms with Gasteiger partial charge in [-0.2, -0.15) is 0 Å². The van der Waals surface area contributed by atoms with Gasteiger partial charge in [-0.25, -0.2) is 0 Å². The lowest BCUT2D eigenvalue weighted by molar-refractivity contribution is 0.0921. The van der Waals surface area contributed by atoms with Crippen molar-refractivity contribution < 1.29 is 9.53 Å². The normalized spacial score (nSPS) is 14.0. The Hall–Kier alpha value is -2.59. The quantitative estimate of drug-likeness (QED) is 0.716. The second kappa shape index (κ2) is 7.34. The van der Waals surface area contributed by atoms with Crippen molar-refractivity contribution in [2.45, 2.75) is 26.3 Å². The standard InChI is InChI=1S/C22H24N2O2/c1-2-16-7-3-6-10-21(16)26-15-20(25)22-17-8-4-5-9-18(17)24-14-13-23-12-11-19(22)24/h3-10,23H,2,11-15H2,1H3. The third-order valence-corrected chi connectivity index (χ3v) is 5.12. The Balaban J connectivity index is 1.67. The molecular weight excluding hydrogens is 324 g/mol. The van der Waals surface area contributed by atoms with Gasteiger partial charge in [0.05, 0.1) is 5.56 Å². The van der Waals surface area contributed by atoms with Crippen LogP contribution in [0.3, 0.4) is 0 Å². The molecule has 4 nitrogen and oxygen atoms in total. The number of carbonyl (C=O) groups excluding carboxylic acids is 1. The van der Waals surface area contributed by atoms with Gasteiger partial charge in [0.15, 0.2) is 6.61 Å². The minimum Gasteiger partial charge on any atom is -0.485 e. The smallest absolute Gasteiger partial charge is 0.202 e. The molecule has 0 radical (unpaired) electrons. The van der Waals surface area contributed by atoms with Gasteiger partial charge in [0.25, 0.3) is 0 Å². The van der Waals surface area contributed by atoms with Gasteiger partial charge in [-0.05, 0) is 24.1 Å². The molecule has 1 aliphatic heterocycles. The molecule has 0 saturated carbocycles. The van der Waals surface area contributed by atoms with Crippen LogP contribution in [-0.4, -0.2) is 30.0 Å². The first-order valence-corrected chi connectivity index (χ1v) is 9.34. The SMILES string of the molecule is CCc1ccccc1OCC(=O)c1c2n(c3ccccc13)CCNCC2. The molecule has 2 aromatic carbocycles. The molecule has 0 unspecified atom stereocenters. The zero-order valence-electron chi connectivity index (χ0n) is 15.1. The molecule has 1 aromatic heterocycles. The summed E-state index contributed by atoms with van der Waals surface area (Å²) >= 11 is 0. The van der Waals surface area contributed by atoms with Gasteiger partial charge in [0, 0.05) is 42.7 Å². The molecule has 4 rings (SSSR count). The first kappa shape index (κ1) is 16.9. The molecule has 3 aromatic rings. The van der Waals surface area contributed by atoms with Gasteiger partial charge in [-0.3, -0.25) is 4.79 Å². The summed E-state index contributed by atoms with van der Waals surface area (Å²) in [6.07, 6.45) is 1.75. The zero-order valence-corrected chi connectivity index (χ0v) is 15.1. The number of ketones is 1. The summed E-state index contributed by atoms with van der Waals surface area (Å²) in [7, 11) is 0. The van der Waals surface area contributed by atoms with Gasteiger partial charge < -0.3 is 14.6 Å². The van der Waals surface area contributed by atoms with E-state index >= 15 is 0 Å². The summed E-state index contributed by atoms with van der Waals surface area (Å²) in [5.74, 6) is 0.863. The number of nitrogens with zero attached hydrogens (tertiary/aromatic N) is 1. The van der Waals surface area contributed by atoms with Crippen molar-refractivity contribution in [1.29, 1.82) is 0 Å². The van der Waals surface area contributed by atoms with E-state index in [9.17, 15) is 4.79 Å². The molecule has 0 aliphatic carbocycles. The molecule has 0 amide bonds. The number of hydrogen-bond acceptors (Lipinski definition) is 3. The molecule has 1 aliphatic rings. The predicted octanol–water partition coefficient (Wildman–Crippen LogP) is 3.61. The summed E-state index contributed by atoms with van der Waals surface area (Å²) in [4.78, 5) is 13.1. The second-order valence-electron chi connectivity index (χ2n) is 6.66. The van der Waals surface area contributed by atoms with Gasteiger partial charge in [0.1, 0.15) is 5.75 Å². The third kappa shape index (κ3) is 3.01. The summed E-state index contributed by atoms with van der Waals surface area (Å²) < 4.78 is 8.20. The van der Waals surface area contributed by atoms with Crippen LogP contribution in [0.2, 0.25) is 0 Å². The fourth-order valence-corrected chi connectivity index (χ4v) is 3.86. The van der Waals surface area contributed by atoms with Crippen molar-refractivity contribution in [3.05, 3.63) is 65.4 Å². The molecular formula is C22H24N2O2. The summed E-state index contributed by atoms with van der Waals surface area (Å²) in [5.41, 5.74) is 4.24. The van der Waals surface area contributed by atoms with Crippen LogP contribution in [0.4, 0.5) is 0 Å². The number of aromatic nitrogens is 1. The fourth-order valence-electron chi connectivity index (χ4n) is 3.86. The van der Waals surface area contributed by atoms with Crippen LogP contribution >= 0.6 is 0 Å². The van der Waals surface area contributed by atoms with Crippen LogP contribution < -0.4 is 10.1 Å². The van der Waals surface area contributed by atoms with Gasteiger partial charge in [-0.1, -0.05) is 43.3 Å². The van der Waals surface area contributed by atoms with E-state index < -0.39 is 0 Å². The number of fused-ring (bicyclic) bond motifs is 3. The Morgan fingerprint density at radius 2 is 1.92 bits per heavy atom. The Kier molecular flexibility index (Phi) is 4.76. The van der Waals surface area contributed by atoms with E-state index in [-0.39, 0.29) is 12.4 Å². The Bertz CT molecular complexity index is 942. The molecule has 4 heteroatoms. The molecule has 0 fully saturated rings. The Morgan fingerprint density at radius 1 is 1.12 bits per heavy atom. The number of nitrogens with one attached hydrogen (secondary N) is 1. The topological polar surface area (TPSA) is 43.3 Å². The van der Waals surface area contributed by atoms with Crippen molar-refractivity contribution in [3.8, 4) is 5.75 Å². The molecule has 26 heavy (non-hydrogen) atoms. The molecule has 1 N–H and O–H groups in total. The highest BCUT2D eigenvalue weighted by molar-refractivity contribution is 6.10. The first-order valence-electron chi connectivity index (χ1n) is 9.34. The number of aryl methyl sites for hydroxylation is 1. The second-order valence-corrected chi connectivity index (χ2v) is 6.66. The lowest BCUT2D eigenvalue weighted by Gasteiger charge is -2.11. The van der Waals surface area contributed by atoms with E-state index in [0.717, 1.165) is 65.9 Å². The van der Waals surface area contributed by atoms with Gasteiger partial charge in [-0.15, -0.1) is 0 Å². The third-order valence-electron chi connectivity index (χ3n) is 5.12. The minimum absolute atomic E-state index is 0.0581. The maximum atomic E-state index is 13.1. The molecule has 134 valence electrons. The van der Waals surface area contributed by atoms with Crippen LogP contribution in [0.25, 0.3) is 10.9 Å². The average Bonchev–Trinajstić information content (AvgIpc) is 2.82. The highest BCUT2D eigenvalue weighted by Crippen LogP contribution is 2.28. The molecule has 0 saturated heterocycles. The van der Waals surface area contributed by atoms with Crippen LogP contribution in [0.15, 0.2) is 48.5 Å². The van der Waals surface area contributed by atoms with E-state index in [1.165, 1.54) is 0 Å². The lowest BCUT2D eigenvalue weighted by atomic mass is 10.0. The van der Waals surface area contributed by atoms with Crippen molar-refractivity contribution in [1.82, 2.24) is 9.88 Å². The van der Waals surface area contributed by atoms with Gasteiger partial charge in [0.2, 0.25) is 5.78 Å². The fraction of sp³-hybridized carbons (Fsp3) is 0.318. The molecule has 0 spiro atoms. The van der Waals surface area contributed by atoms with E-state index in [2.05, 4.69) is 28.9 Å². The van der Waals surface area contributed by atoms with E-state index in [1.54, 1.807) is 0 Å². The van der Waals surface area contributed by atoms with Crippen LogP contribution in [0.1, 0.15) is 28.5 Å². The number of hydrogen-bond donors (Lipinski definition) is 1. The number of rotatable bonds is 5. The molecule has 0 bridgehead atoms. The van der Waals surface area contributed by atoms with E-state index in [1.807, 2.05) is 36.4 Å². The minimum atomic E-state index is 0.0581. The number of Topliss-reactive ketones (excluding diaryl/α,β-unsaturated/α-hetero) is 1. The van der Waals surface area contributed by atoms with Crippen LogP contribution in [0.5, 0.6) is 5.75 Å². The predicted molar refractivity (Wildman–Crippen MR) is 104 cm³/mol. The molecule has 0 atom stereocenters. The summed E-state index contributed by atoms with van der Waals surface area (Å²) in [5, 5.41) is 4.46. The average molecular weight is 348 g/mol. The highest BCUT2D eigenvalue weighted by atomic mass is 16.5. The monoisotopic (exact) mass is 348 g/mol. The summed E-state index contributed by atoms with van der Waals surface area (Å²) in [6, 6.07) is 16.1. The summed E-state index contributed by atoms with van der Waals surface area (Å²) in [6.45, 7) is 4.89. The van der Waals surface area contributed by atoms with Crippen molar-refractivity contribution >= 4 is 16.7 Å². The Labute approximate surface area is 153 Å². The van der Waals surface area contributed by atoms with E-state index in [0.29, 0.717) is 0 Å². The van der Waals surface area contributed by atoms with E-state index in [4.69, 9.17) is 4.74 Å². The number of para-hydroxylation sites is 2. The maximum Gasteiger partial charge on any atom is 0.202 e. The van der Waals surface area contributed by atoms with Crippen molar-refractivity contribution in [2.24, 2.45) is 0 Å². The highest BCUT2D eigenvalue weighted by Gasteiger charge is 2.23. The zero-order chi connectivity index (χ0) is 17.9. The Morgan fingerprint density at radius 3 is 2.81 bits per heavy atom. The number of carbonyl (C=O) groups is 1. The van der Waals surface area contributed by atoms with Crippen molar-refractivity contribution in [2.75, 3.05) is 19.7 Å². The number of ether oxygens (including phenoxy) is 1. The molecule has 2 heterocycles. The first-order chi connectivity index (χ1) is 12.8.